The molecule has 0 aromatic heterocycles. The number of carbonyl (C=O) groups is 1. The third kappa shape index (κ3) is 2.15. The van der Waals surface area contributed by atoms with Crippen molar-refractivity contribution in [3.05, 3.63) is 29.1 Å². The van der Waals surface area contributed by atoms with Crippen molar-refractivity contribution in [3.63, 3.8) is 0 Å². The van der Waals surface area contributed by atoms with Crippen molar-refractivity contribution in [1.82, 2.24) is 0 Å². The van der Waals surface area contributed by atoms with E-state index < -0.39 is 11.9 Å². The lowest BCUT2D eigenvalue weighted by atomic mass is 9.99. The standard InChI is InChI=1S/C11H14FNO2/c1-6-8(12)4-5-9(15-3)10(6)11(14)7(2)13/h4-5,7H,13H2,1-3H3. The number of rotatable bonds is 3. The molecule has 0 radical (unpaired) electrons. The zero-order valence-electron chi connectivity index (χ0n) is 9.00. The molecule has 1 atom stereocenters. The van der Waals surface area contributed by atoms with E-state index >= 15 is 0 Å². The Kier molecular flexibility index (Phi) is 3.42. The number of carbonyl (C=O) groups excluding carboxylic acids is 1. The van der Waals surface area contributed by atoms with Gasteiger partial charge in [0.1, 0.15) is 11.6 Å². The number of nitrogens with two attached hydrogens (primary N) is 1. The quantitative estimate of drug-likeness (QED) is 0.774. The molecule has 0 aliphatic heterocycles. The SMILES string of the molecule is COc1ccc(F)c(C)c1C(=O)C(C)N. The first kappa shape index (κ1) is 11.7. The summed E-state index contributed by atoms with van der Waals surface area (Å²) in [5.41, 5.74) is 5.99. The maximum Gasteiger partial charge on any atom is 0.183 e. The van der Waals surface area contributed by atoms with Crippen molar-refractivity contribution in [2.24, 2.45) is 5.73 Å². The van der Waals surface area contributed by atoms with Crippen LogP contribution in [0.5, 0.6) is 5.75 Å². The minimum absolute atomic E-state index is 0.229. The van der Waals surface area contributed by atoms with Gasteiger partial charge in [-0.2, -0.15) is 0 Å². The van der Waals surface area contributed by atoms with Crippen LogP contribution >= 0.6 is 0 Å². The molecule has 0 aliphatic rings. The summed E-state index contributed by atoms with van der Waals surface area (Å²) in [6.45, 7) is 3.10. The molecule has 0 aliphatic carbocycles. The van der Waals surface area contributed by atoms with Crippen LogP contribution in [0.25, 0.3) is 0 Å². The number of halogens is 1. The highest BCUT2D eigenvalue weighted by atomic mass is 19.1. The molecule has 2 N–H and O–H groups in total. The van der Waals surface area contributed by atoms with Gasteiger partial charge in [-0.25, -0.2) is 4.39 Å². The highest BCUT2D eigenvalue weighted by Crippen LogP contribution is 2.25. The fraction of sp³-hybridized carbons (Fsp3) is 0.364. The van der Waals surface area contributed by atoms with Crippen LogP contribution in [0.4, 0.5) is 4.39 Å². The van der Waals surface area contributed by atoms with Gasteiger partial charge in [0.2, 0.25) is 0 Å². The summed E-state index contributed by atoms with van der Waals surface area (Å²) in [4.78, 5) is 11.7. The van der Waals surface area contributed by atoms with Gasteiger partial charge >= 0.3 is 0 Å². The predicted molar refractivity (Wildman–Crippen MR) is 55.7 cm³/mol. The minimum Gasteiger partial charge on any atom is -0.496 e. The summed E-state index contributed by atoms with van der Waals surface area (Å²) in [6.07, 6.45) is 0. The zero-order valence-corrected chi connectivity index (χ0v) is 9.00. The Hall–Kier alpha value is -1.42. The van der Waals surface area contributed by atoms with Gasteiger partial charge in [0.05, 0.1) is 18.7 Å². The van der Waals surface area contributed by atoms with Crippen LogP contribution in [0.15, 0.2) is 12.1 Å². The number of ketones is 1. The van der Waals surface area contributed by atoms with Crippen LogP contribution in [0, 0.1) is 12.7 Å². The summed E-state index contributed by atoms with van der Waals surface area (Å²) < 4.78 is 18.3. The molecule has 1 rings (SSSR count). The van der Waals surface area contributed by atoms with Crippen LogP contribution < -0.4 is 10.5 Å². The number of methoxy groups -OCH3 is 1. The van der Waals surface area contributed by atoms with Gasteiger partial charge < -0.3 is 10.5 Å². The van der Waals surface area contributed by atoms with Crippen molar-refractivity contribution < 1.29 is 13.9 Å². The van der Waals surface area contributed by atoms with Crippen molar-refractivity contribution in [2.75, 3.05) is 7.11 Å². The summed E-state index contributed by atoms with van der Waals surface area (Å²) in [7, 11) is 1.44. The zero-order chi connectivity index (χ0) is 11.6. The molecule has 3 nitrogen and oxygen atoms in total. The summed E-state index contributed by atoms with van der Waals surface area (Å²) in [6, 6.07) is 2.03. The number of Topliss-reactive ketones (excluding diaryl/α,β-unsaturated/α-hetero) is 1. The smallest absolute Gasteiger partial charge is 0.183 e. The van der Waals surface area contributed by atoms with Gasteiger partial charge in [-0.15, -0.1) is 0 Å². The molecule has 0 amide bonds. The molecule has 0 bridgehead atoms. The second-order valence-electron chi connectivity index (χ2n) is 3.40. The Labute approximate surface area is 88.0 Å². The highest BCUT2D eigenvalue weighted by molar-refractivity contribution is 6.03. The summed E-state index contributed by atoms with van der Waals surface area (Å²) in [5, 5.41) is 0. The van der Waals surface area contributed by atoms with Gasteiger partial charge in [-0.05, 0) is 31.5 Å². The van der Waals surface area contributed by atoms with Crippen molar-refractivity contribution in [1.29, 1.82) is 0 Å². The van der Waals surface area contributed by atoms with Crippen LogP contribution in [-0.4, -0.2) is 18.9 Å². The molecular weight excluding hydrogens is 197 g/mol. The van der Waals surface area contributed by atoms with Gasteiger partial charge in [-0.3, -0.25) is 4.79 Å². The average molecular weight is 211 g/mol. The Bertz CT molecular complexity index is 388. The van der Waals surface area contributed by atoms with E-state index in [0.717, 1.165) is 0 Å². The fourth-order valence-corrected chi connectivity index (χ4v) is 1.37. The summed E-state index contributed by atoms with van der Waals surface area (Å²) in [5.74, 6) is -0.389. The predicted octanol–water partition coefficient (Wildman–Crippen LogP) is 1.67. The normalized spacial score (nSPS) is 12.3. The number of hydrogen-bond donors (Lipinski definition) is 1. The minimum atomic E-state index is -0.667. The second-order valence-corrected chi connectivity index (χ2v) is 3.40. The lowest BCUT2D eigenvalue weighted by molar-refractivity contribution is 0.0963. The second kappa shape index (κ2) is 4.40. The molecule has 0 heterocycles. The molecule has 0 saturated carbocycles. The molecule has 1 unspecified atom stereocenters. The first-order chi connectivity index (χ1) is 6.99. The number of ether oxygens (including phenoxy) is 1. The number of hydrogen-bond acceptors (Lipinski definition) is 3. The molecule has 82 valence electrons. The molecule has 1 aromatic rings. The number of benzene rings is 1. The maximum absolute atomic E-state index is 13.3. The Morgan fingerprint density at radius 3 is 2.60 bits per heavy atom. The summed E-state index contributed by atoms with van der Waals surface area (Å²) >= 11 is 0. The van der Waals surface area contributed by atoms with Crippen molar-refractivity contribution >= 4 is 5.78 Å². The molecule has 15 heavy (non-hydrogen) atoms. The first-order valence-electron chi connectivity index (χ1n) is 4.62. The lowest BCUT2D eigenvalue weighted by Gasteiger charge is -2.12. The molecule has 0 saturated heterocycles. The third-order valence-electron chi connectivity index (χ3n) is 2.24. The van der Waals surface area contributed by atoms with E-state index in [2.05, 4.69) is 0 Å². The monoisotopic (exact) mass is 211 g/mol. The van der Waals surface area contributed by atoms with Crippen LogP contribution in [0.3, 0.4) is 0 Å². The van der Waals surface area contributed by atoms with Crippen molar-refractivity contribution in [3.8, 4) is 5.75 Å². The first-order valence-corrected chi connectivity index (χ1v) is 4.62. The highest BCUT2D eigenvalue weighted by Gasteiger charge is 2.20. The topological polar surface area (TPSA) is 52.3 Å². The van der Waals surface area contributed by atoms with Crippen LogP contribution in [0.2, 0.25) is 0 Å². The van der Waals surface area contributed by atoms with Gasteiger partial charge in [0.15, 0.2) is 5.78 Å². The fourth-order valence-electron chi connectivity index (χ4n) is 1.37. The molecule has 1 aromatic carbocycles. The Morgan fingerprint density at radius 1 is 1.53 bits per heavy atom. The Balaban J connectivity index is 3.36. The third-order valence-corrected chi connectivity index (χ3v) is 2.24. The largest absolute Gasteiger partial charge is 0.496 e. The maximum atomic E-state index is 13.3. The van der Waals surface area contributed by atoms with Crippen LogP contribution in [-0.2, 0) is 0 Å². The molecular formula is C11H14FNO2. The molecule has 4 heteroatoms. The van der Waals surface area contributed by atoms with E-state index in [9.17, 15) is 9.18 Å². The van der Waals surface area contributed by atoms with Crippen molar-refractivity contribution in [2.45, 2.75) is 19.9 Å². The van der Waals surface area contributed by atoms with E-state index in [0.29, 0.717) is 5.75 Å². The van der Waals surface area contributed by atoms with E-state index in [1.54, 1.807) is 6.92 Å². The van der Waals surface area contributed by atoms with Gasteiger partial charge in [0.25, 0.3) is 0 Å². The van der Waals surface area contributed by atoms with E-state index in [-0.39, 0.29) is 16.9 Å². The molecule has 0 fully saturated rings. The van der Waals surface area contributed by atoms with E-state index in [4.69, 9.17) is 10.5 Å². The van der Waals surface area contributed by atoms with Gasteiger partial charge in [-0.1, -0.05) is 0 Å². The Morgan fingerprint density at radius 2 is 2.13 bits per heavy atom. The lowest BCUT2D eigenvalue weighted by Crippen LogP contribution is -2.28. The molecule has 0 spiro atoms. The van der Waals surface area contributed by atoms with Gasteiger partial charge in [0, 0.05) is 0 Å². The van der Waals surface area contributed by atoms with E-state index in [1.807, 2.05) is 0 Å². The van der Waals surface area contributed by atoms with Crippen LogP contribution in [0.1, 0.15) is 22.8 Å². The average Bonchev–Trinajstić information content (AvgIpc) is 2.20. The van der Waals surface area contributed by atoms with E-state index in [1.165, 1.54) is 26.2 Å².